The molecule has 1 aromatic carbocycles. The van der Waals surface area contributed by atoms with Crippen LogP contribution in [0.15, 0.2) is 45.7 Å². The maximum absolute atomic E-state index is 12.3. The minimum absolute atomic E-state index is 0.0728. The first-order chi connectivity index (χ1) is 12.1. The molecule has 0 aliphatic carbocycles. The molecule has 3 aromatic rings. The average molecular weight is 337 g/mol. The molecule has 4 rings (SSSR count). The number of hydrogen-bond donors (Lipinski definition) is 1. The summed E-state index contributed by atoms with van der Waals surface area (Å²) in [6.07, 6.45) is 2.20. The van der Waals surface area contributed by atoms with E-state index in [1.165, 1.54) is 0 Å². The first-order valence-corrected chi connectivity index (χ1v) is 8.93. The molecule has 1 N–H and O–H groups in total. The highest BCUT2D eigenvalue weighted by Crippen LogP contribution is 2.33. The smallest absolute Gasteiger partial charge is 0.189 e. The molecule has 1 atom stereocenters. The number of H-pyrrole nitrogens is 1. The lowest BCUT2D eigenvalue weighted by Gasteiger charge is -2.22. The Hall–Kier alpha value is -2.40. The van der Waals surface area contributed by atoms with E-state index in [1.807, 2.05) is 24.3 Å². The number of aromatic nitrogens is 2. The second-order valence-electron chi connectivity index (χ2n) is 7.14. The molecule has 3 heterocycles. The summed E-state index contributed by atoms with van der Waals surface area (Å²) in [4.78, 5) is 18.1. The van der Waals surface area contributed by atoms with Gasteiger partial charge in [-0.05, 0) is 31.5 Å². The summed E-state index contributed by atoms with van der Waals surface area (Å²) < 4.78 is 5.48. The van der Waals surface area contributed by atoms with Crippen molar-refractivity contribution in [1.82, 2.24) is 15.0 Å². The first-order valence-electron chi connectivity index (χ1n) is 8.93. The fraction of sp³-hybridized carbons (Fsp3) is 0.400. The molecule has 0 radical (unpaired) electrons. The van der Waals surface area contributed by atoms with Crippen LogP contribution in [0.25, 0.3) is 10.9 Å². The molecule has 1 fully saturated rings. The van der Waals surface area contributed by atoms with Crippen molar-refractivity contribution in [2.45, 2.75) is 45.2 Å². The largest absolute Gasteiger partial charge is 0.361 e. The lowest BCUT2D eigenvalue weighted by Crippen LogP contribution is -2.24. The van der Waals surface area contributed by atoms with Gasteiger partial charge in [-0.1, -0.05) is 31.1 Å². The third kappa shape index (κ3) is 3.12. The number of benzene rings is 1. The highest BCUT2D eigenvalue weighted by molar-refractivity contribution is 5.78. The van der Waals surface area contributed by atoms with Crippen molar-refractivity contribution in [3.8, 4) is 0 Å². The molecular weight excluding hydrogens is 314 g/mol. The number of likely N-dealkylation sites (tertiary alicyclic amines) is 1. The van der Waals surface area contributed by atoms with E-state index in [-0.39, 0.29) is 11.5 Å². The highest BCUT2D eigenvalue weighted by Gasteiger charge is 2.29. The van der Waals surface area contributed by atoms with Gasteiger partial charge < -0.3 is 9.51 Å². The number of aromatic amines is 1. The molecule has 1 aliphatic rings. The van der Waals surface area contributed by atoms with E-state index in [1.54, 1.807) is 6.07 Å². The van der Waals surface area contributed by atoms with E-state index < -0.39 is 0 Å². The third-order valence-electron chi connectivity index (χ3n) is 4.99. The Labute approximate surface area is 146 Å². The number of nitrogens with zero attached hydrogens (tertiary/aromatic N) is 2. The summed E-state index contributed by atoms with van der Waals surface area (Å²) in [5.41, 5.74) is 2.92. The normalized spacial score (nSPS) is 18.4. The van der Waals surface area contributed by atoms with Crippen LogP contribution in [0.1, 0.15) is 55.8 Å². The molecule has 130 valence electrons. The minimum atomic E-state index is 0.0728. The van der Waals surface area contributed by atoms with Gasteiger partial charge in [-0.15, -0.1) is 0 Å². The van der Waals surface area contributed by atoms with Crippen molar-refractivity contribution < 1.29 is 4.52 Å². The van der Waals surface area contributed by atoms with Gasteiger partial charge >= 0.3 is 0 Å². The molecular formula is C20H23N3O2. The Balaban J connectivity index is 1.60. The number of rotatable bonds is 4. The Morgan fingerprint density at radius 3 is 2.96 bits per heavy atom. The van der Waals surface area contributed by atoms with Crippen molar-refractivity contribution in [3.63, 3.8) is 0 Å². The molecule has 0 amide bonds. The predicted octanol–water partition coefficient (Wildman–Crippen LogP) is 3.98. The lowest BCUT2D eigenvalue weighted by atomic mass is 10.1. The van der Waals surface area contributed by atoms with Gasteiger partial charge in [0.1, 0.15) is 11.5 Å². The second kappa shape index (κ2) is 6.48. The van der Waals surface area contributed by atoms with Gasteiger partial charge in [-0.2, -0.15) is 0 Å². The van der Waals surface area contributed by atoms with Crippen molar-refractivity contribution in [2.75, 3.05) is 6.54 Å². The Morgan fingerprint density at radius 1 is 1.32 bits per heavy atom. The van der Waals surface area contributed by atoms with E-state index in [0.29, 0.717) is 12.5 Å². The summed E-state index contributed by atoms with van der Waals surface area (Å²) in [7, 11) is 0. The van der Waals surface area contributed by atoms with Crippen LogP contribution in [0.3, 0.4) is 0 Å². The van der Waals surface area contributed by atoms with Crippen LogP contribution in [-0.4, -0.2) is 21.6 Å². The van der Waals surface area contributed by atoms with Gasteiger partial charge in [-0.3, -0.25) is 9.69 Å². The zero-order chi connectivity index (χ0) is 17.4. The van der Waals surface area contributed by atoms with E-state index in [0.717, 1.165) is 47.4 Å². The molecule has 2 aromatic heterocycles. The first kappa shape index (κ1) is 16.1. The van der Waals surface area contributed by atoms with E-state index in [9.17, 15) is 4.79 Å². The summed E-state index contributed by atoms with van der Waals surface area (Å²) in [5.74, 6) is 1.27. The lowest BCUT2D eigenvalue weighted by molar-refractivity contribution is 0.233. The van der Waals surface area contributed by atoms with Crippen LogP contribution >= 0.6 is 0 Å². The highest BCUT2D eigenvalue weighted by atomic mass is 16.5. The Morgan fingerprint density at radius 2 is 2.16 bits per heavy atom. The number of nitrogens with one attached hydrogen (secondary N) is 1. The number of fused-ring (bicyclic) bond motifs is 1. The quantitative estimate of drug-likeness (QED) is 0.782. The zero-order valence-corrected chi connectivity index (χ0v) is 14.7. The fourth-order valence-corrected chi connectivity index (χ4v) is 3.64. The molecule has 1 saturated heterocycles. The Kier molecular flexibility index (Phi) is 4.17. The summed E-state index contributed by atoms with van der Waals surface area (Å²) in [6, 6.07) is 11.7. The maximum atomic E-state index is 12.3. The third-order valence-corrected chi connectivity index (χ3v) is 4.99. The van der Waals surface area contributed by atoms with Crippen molar-refractivity contribution in [3.05, 3.63) is 63.8 Å². The van der Waals surface area contributed by atoms with Crippen LogP contribution < -0.4 is 5.43 Å². The van der Waals surface area contributed by atoms with Gasteiger partial charge in [0, 0.05) is 41.2 Å². The van der Waals surface area contributed by atoms with Crippen LogP contribution in [0.4, 0.5) is 0 Å². The number of para-hydroxylation sites is 1. The zero-order valence-electron chi connectivity index (χ0n) is 14.7. The second-order valence-corrected chi connectivity index (χ2v) is 7.14. The summed E-state index contributed by atoms with van der Waals surface area (Å²) in [6.45, 7) is 5.94. The molecule has 5 nitrogen and oxygen atoms in total. The van der Waals surface area contributed by atoms with Crippen molar-refractivity contribution >= 4 is 10.9 Å². The average Bonchev–Trinajstić information content (AvgIpc) is 3.24. The summed E-state index contributed by atoms with van der Waals surface area (Å²) >= 11 is 0. The van der Waals surface area contributed by atoms with E-state index in [4.69, 9.17) is 4.52 Å². The standard InChI is InChI=1S/C20H23N3O2/c1-13(2)20-11-17(22-25-20)18-8-5-9-23(18)12-14-10-19(24)15-6-3-4-7-16(15)21-14/h3-4,6-7,10-11,13,18H,5,8-9,12H2,1-2H3,(H,21,24)/t18-/m1/s1. The van der Waals surface area contributed by atoms with Gasteiger partial charge in [0.05, 0.1) is 6.04 Å². The monoisotopic (exact) mass is 337 g/mol. The molecule has 25 heavy (non-hydrogen) atoms. The Bertz CT molecular complexity index is 941. The van der Waals surface area contributed by atoms with Gasteiger partial charge in [0.2, 0.25) is 0 Å². The van der Waals surface area contributed by atoms with Gasteiger partial charge in [0.15, 0.2) is 5.43 Å². The van der Waals surface area contributed by atoms with Gasteiger partial charge in [0.25, 0.3) is 0 Å². The molecule has 0 spiro atoms. The van der Waals surface area contributed by atoms with Gasteiger partial charge in [-0.25, -0.2) is 0 Å². The van der Waals surface area contributed by atoms with Crippen LogP contribution in [0.5, 0.6) is 0 Å². The molecule has 1 aliphatic heterocycles. The maximum Gasteiger partial charge on any atom is 0.189 e. The number of pyridine rings is 1. The van der Waals surface area contributed by atoms with Crippen LogP contribution in [0.2, 0.25) is 0 Å². The molecule has 0 unspecified atom stereocenters. The van der Waals surface area contributed by atoms with Crippen LogP contribution in [0, 0.1) is 0 Å². The van der Waals surface area contributed by atoms with E-state index >= 15 is 0 Å². The fourth-order valence-electron chi connectivity index (χ4n) is 3.64. The molecule has 5 heteroatoms. The molecule has 0 saturated carbocycles. The number of hydrogen-bond acceptors (Lipinski definition) is 4. The molecule has 0 bridgehead atoms. The summed E-state index contributed by atoms with van der Waals surface area (Å²) in [5, 5.41) is 5.03. The van der Waals surface area contributed by atoms with Crippen LogP contribution in [-0.2, 0) is 6.54 Å². The SMILES string of the molecule is CC(C)c1cc([C@H]2CCCN2Cc2cc(=O)c3ccccc3[nH]2)no1. The van der Waals surface area contributed by atoms with Crippen molar-refractivity contribution in [1.29, 1.82) is 0 Å². The van der Waals surface area contributed by atoms with Crippen molar-refractivity contribution in [2.24, 2.45) is 0 Å². The minimum Gasteiger partial charge on any atom is -0.361 e. The topological polar surface area (TPSA) is 62.1 Å². The predicted molar refractivity (Wildman–Crippen MR) is 97.5 cm³/mol. The van der Waals surface area contributed by atoms with E-state index in [2.05, 4.69) is 35.0 Å².